The first-order valence-corrected chi connectivity index (χ1v) is 19.7. The topological polar surface area (TPSA) is 92.7 Å². The zero-order valence-corrected chi connectivity index (χ0v) is 31.7. The molecular weight excluding hydrogens is 622 g/mol. The summed E-state index contributed by atoms with van der Waals surface area (Å²) < 4.78 is 6.16. The fourth-order valence-electron chi connectivity index (χ4n) is 13.6. The van der Waals surface area contributed by atoms with Gasteiger partial charge in [-0.05, 0) is 134 Å². The number of ether oxygens (including phenoxy) is 1. The quantitative estimate of drug-likeness (QED) is 0.284. The average Bonchev–Trinajstić information content (AvgIpc) is 3.50. The summed E-state index contributed by atoms with van der Waals surface area (Å²) in [7, 11) is 0. The monoisotopic (exact) mass is 683 g/mol. The van der Waals surface area contributed by atoms with E-state index in [1.165, 1.54) is 42.0 Å². The number of carboxylic acid groups (broad SMARTS) is 1. The lowest BCUT2D eigenvalue weighted by Crippen LogP contribution is -2.67. The minimum Gasteiger partial charge on any atom is -0.481 e. The molecule has 0 saturated heterocycles. The second-order valence-electron chi connectivity index (χ2n) is 19.3. The zero-order chi connectivity index (χ0) is 35.9. The number of esters is 1. The van der Waals surface area contributed by atoms with Crippen LogP contribution in [0.15, 0.2) is 42.5 Å². The van der Waals surface area contributed by atoms with Crippen molar-refractivity contribution in [1.82, 2.24) is 5.32 Å². The van der Waals surface area contributed by atoms with Gasteiger partial charge in [-0.2, -0.15) is 0 Å². The molecule has 5 aliphatic rings. The van der Waals surface area contributed by atoms with E-state index < -0.39 is 17.4 Å². The van der Waals surface area contributed by atoms with Gasteiger partial charge in [-0.15, -0.1) is 0 Å². The van der Waals surface area contributed by atoms with Gasteiger partial charge in [0.2, 0.25) is 5.91 Å². The fourth-order valence-corrected chi connectivity index (χ4v) is 13.6. The van der Waals surface area contributed by atoms with Gasteiger partial charge < -0.3 is 15.2 Å². The van der Waals surface area contributed by atoms with E-state index in [0.717, 1.165) is 44.9 Å². The molecule has 50 heavy (non-hydrogen) atoms. The van der Waals surface area contributed by atoms with Crippen LogP contribution in [0.2, 0.25) is 0 Å². The third kappa shape index (κ3) is 5.18. The standard InChI is InChI=1S/C44H61NO5/c1-39(2,38(48)49)26-36(46)50-35-20-22-41(5)33(40(35,3)4)19-23-43(7)34(41)18-17-31-32-16-11-21-44(32,25-24-42(31,43)6)37(47)45-27-29-14-10-13-28-12-8-9-15-30(28)29/h8-10,12-15,31-35H,11,16-27H2,1-7H3,(H,45,47)(H,48,49)/t31?,32?,33?,34?,35?,41?,42-,43?,44?/m1/s1. The van der Waals surface area contributed by atoms with Gasteiger partial charge in [0, 0.05) is 12.0 Å². The van der Waals surface area contributed by atoms with Crippen molar-refractivity contribution in [3.05, 3.63) is 48.0 Å². The number of hydrogen-bond acceptors (Lipinski definition) is 4. The third-order valence-electron chi connectivity index (χ3n) is 16.5. The lowest BCUT2D eigenvalue weighted by molar-refractivity contribution is -0.247. The number of aliphatic carboxylic acids is 1. The minimum absolute atomic E-state index is 0.110. The molecule has 1 amide bonds. The number of nitrogens with one attached hydrogen (secondary N) is 1. The SMILES string of the molecule is CC(C)(CC(=O)OC1CCC2(C)C(CCC3(C)C2CCC2C4CCCC4(C(=O)NCc4cccc5ccccc45)CC[C@]23C)C1(C)C)C(=O)O. The molecule has 0 aromatic heterocycles. The maximum Gasteiger partial charge on any atom is 0.309 e. The van der Waals surface area contributed by atoms with Gasteiger partial charge in [0.05, 0.1) is 17.3 Å². The van der Waals surface area contributed by atoms with Crippen LogP contribution in [0.25, 0.3) is 10.8 Å². The van der Waals surface area contributed by atoms with E-state index in [-0.39, 0.29) is 39.6 Å². The molecule has 2 N–H and O–H groups in total. The molecule has 272 valence electrons. The molecule has 2 aromatic rings. The Kier molecular flexibility index (Phi) is 8.58. The molecular formula is C44H61NO5. The number of carbonyl (C=O) groups excluding carboxylic acids is 2. The Bertz CT molecular complexity index is 1670. The van der Waals surface area contributed by atoms with Crippen LogP contribution in [0, 0.1) is 56.2 Å². The smallest absolute Gasteiger partial charge is 0.309 e. The maximum absolute atomic E-state index is 14.4. The fraction of sp³-hybridized carbons (Fsp3) is 0.705. The second kappa shape index (κ2) is 12.1. The van der Waals surface area contributed by atoms with Crippen LogP contribution in [0.1, 0.15) is 131 Å². The first kappa shape index (κ1) is 35.5. The van der Waals surface area contributed by atoms with Crippen LogP contribution < -0.4 is 5.32 Å². The molecule has 8 unspecified atom stereocenters. The maximum atomic E-state index is 14.4. The Hall–Kier alpha value is -2.89. The van der Waals surface area contributed by atoms with Crippen molar-refractivity contribution in [2.24, 2.45) is 56.2 Å². The van der Waals surface area contributed by atoms with Crippen LogP contribution in [0.3, 0.4) is 0 Å². The minimum atomic E-state index is -1.14. The number of rotatable bonds is 7. The Labute approximate surface area is 299 Å². The number of carboxylic acids is 1. The van der Waals surface area contributed by atoms with E-state index in [0.29, 0.717) is 36.1 Å². The Morgan fingerprint density at radius 1 is 0.800 bits per heavy atom. The number of fused-ring (bicyclic) bond motifs is 8. The molecule has 0 radical (unpaired) electrons. The number of benzene rings is 2. The molecule has 5 saturated carbocycles. The highest BCUT2D eigenvalue weighted by atomic mass is 16.5. The normalized spacial score (nSPS) is 39.0. The Morgan fingerprint density at radius 3 is 2.30 bits per heavy atom. The molecule has 2 aromatic carbocycles. The highest BCUT2D eigenvalue weighted by Gasteiger charge is 2.71. The molecule has 0 heterocycles. The average molecular weight is 684 g/mol. The predicted octanol–water partition coefficient (Wildman–Crippen LogP) is 9.72. The summed E-state index contributed by atoms with van der Waals surface area (Å²) in [5.41, 5.74) is 0.141. The van der Waals surface area contributed by atoms with Gasteiger partial charge in [0.25, 0.3) is 0 Å². The molecule has 0 spiro atoms. The van der Waals surface area contributed by atoms with Crippen molar-refractivity contribution in [3.8, 4) is 0 Å². The van der Waals surface area contributed by atoms with E-state index in [4.69, 9.17) is 4.74 Å². The van der Waals surface area contributed by atoms with E-state index >= 15 is 0 Å². The van der Waals surface area contributed by atoms with Crippen LogP contribution in [0.4, 0.5) is 0 Å². The van der Waals surface area contributed by atoms with E-state index in [2.05, 4.69) is 82.4 Å². The zero-order valence-electron chi connectivity index (χ0n) is 31.7. The molecule has 0 bridgehead atoms. The van der Waals surface area contributed by atoms with Crippen LogP contribution >= 0.6 is 0 Å². The van der Waals surface area contributed by atoms with Crippen molar-refractivity contribution in [3.63, 3.8) is 0 Å². The lowest BCUT2D eigenvalue weighted by Gasteiger charge is -2.72. The summed E-state index contributed by atoms with van der Waals surface area (Å²) in [6.07, 6.45) is 11.7. The van der Waals surface area contributed by atoms with Crippen LogP contribution in [-0.4, -0.2) is 29.1 Å². The number of carbonyl (C=O) groups is 3. The highest BCUT2D eigenvalue weighted by molar-refractivity contribution is 5.87. The number of hydrogen-bond donors (Lipinski definition) is 2. The van der Waals surface area contributed by atoms with Crippen LogP contribution in [0.5, 0.6) is 0 Å². The highest BCUT2D eigenvalue weighted by Crippen LogP contribution is 2.77. The van der Waals surface area contributed by atoms with Gasteiger partial charge in [0.15, 0.2) is 0 Å². The van der Waals surface area contributed by atoms with Gasteiger partial charge in [0.1, 0.15) is 6.10 Å². The van der Waals surface area contributed by atoms with E-state index in [1.54, 1.807) is 13.8 Å². The Balaban J connectivity index is 1.09. The third-order valence-corrected chi connectivity index (χ3v) is 16.5. The Morgan fingerprint density at radius 2 is 1.54 bits per heavy atom. The summed E-state index contributed by atoms with van der Waals surface area (Å²) in [6.45, 7) is 16.2. The molecule has 6 heteroatoms. The lowest BCUT2D eigenvalue weighted by atomic mass is 9.32. The summed E-state index contributed by atoms with van der Waals surface area (Å²) in [5, 5.41) is 15.5. The van der Waals surface area contributed by atoms with Crippen molar-refractivity contribution < 1.29 is 24.2 Å². The molecule has 0 aliphatic heterocycles. The molecule has 5 aliphatic carbocycles. The van der Waals surface area contributed by atoms with Crippen molar-refractivity contribution in [2.45, 2.75) is 138 Å². The summed E-state index contributed by atoms with van der Waals surface area (Å²) >= 11 is 0. The largest absolute Gasteiger partial charge is 0.481 e. The van der Waals surface area contributed by atoms with Gasteiger partial charge in [-0.25, -0.2) is 0 Å². The van der Waals surface area contributed by atoms with Crippen molar-refractivity contribution in [2.75, 3.05) is 0 Å². The van der Waals surface area contributed by atoms with Crippen molar-refractivity contribution in [1.29, 1.82) is 0 Å². The molecule has 5 fully saturated rings. The molecule has 9 atom stereocenters. The van der Waals surface area contributed by atoms with Crippen molar-refractivity contribution >= 4 is 28.6 Å². The summed E-state index contributed by atoms with van der Waals surface area (Å²) in [6, 6.07) is 14.9. The van der Waals surface area contributed by atoms with Crippen LogP contribution in [-0.2, 0) is 25.7 Å². The van der Waals surface area contributed by atoms with E-state index in [1.807, 2.05) is 0 Å². The van der Waals surface area contributed by atoms with E-state index in [9.17, 15) is 19.5 Å². The second-order valence-corrected chi connectivity index (χ2v) is 19.3. The first-order chi connectivity index (χ1) is 23.5. The van der Waals surface area contributed by atoms with Gasteiger partial charge in [-0.1, -0.05) is 83.5 Å². The van der Waals surface area contributed by atoms with Gasteiger partial charge in [-0.3, -0.25) is 14.4 Å². The first-order valence-electron chi connectivity index (χ1n) is 19.7. The predicted molar refractivity (Wildman–Crippen MR) is 197 cm³/mol. The molecule has 6 nitrogen and oxygen atoms in total. The molecule has 7 rings (SSSR count). The number of amides is 1. The van der Waals surface area contributed by atoms with Gasteiger partial charge >= 0.3 is 11.9 Å². The summed E-state index contributed by atoms with van der Waals surface area (Å²) in [4.78, 5) is 39.2. The summed E-state index contributed by atoms with van der Waals surface area (Å²) in [5.74, 6) is 0.951.